The molecule has 0 aromatic heterocycles. The van der Waals surface area contributed by atoms with Gasteiger partial charge in [-0.2, -0.15) is 0 Å². The summed E-state index contributed by atoms with van der Waals surface area (Å²) >= 11 is 0. The fourth-order valence-corrected chi connectivity index (χ4v) is 3.59. The summed E-state index contributed by atoms with van der Waals surface area (Å²) in [7, 11) is 1.57. The van der Waals surface area contributed by atoms with Crippen LogP contribution in [0, 0.1) is 5.92 Å². The number of ether oxygens (including phenoxy) is 2. The highest BCUT2D eigenvalue weighted by Crippen LogP contribution is 2.35. The maximum Gasteiger partial charge on any atom is 0.338 e. The van der Waals surface area contributed by atoms with Gasteiger partial charge in [0, 0.05) is 11.3 Å². The molecule has 1 fully saturated rings. The van der Waals surface area contributed by atoms with Crippen LogP contribution in [0.3, 0.4) is 0 Å². The largest absolute Gasteiger partial charge is 0.496 e. The number of hydrogen-bond acceptors (Lipinski definition) is 4. The number of para-hydroxylation sites is 1. The molecule has 1 aliphatic carbocycles. The lowest BCUT2D eigenvalue weighted by Gasteiger charge is -2.30. The van der Waals surface area contributed by atoms with Crippen LogP contribution in [0.25, 0.3) is 0 Å². The van der Waals surface area contributed by atoms with Gasteiger partial charge in [0.2, 0.25) is 0 Å². The Balaban J connectivity index is 1.93. The van der Waals surface area contributed by atoms with Crippen LogP contribution in [-0.4, -0.2) is 25.2 Å². The second-order valence-corrected chi connectivity index (χ2v) is 6.66. The smallest absolute Gasteiger partial charge is 0.338 e. The van der Waals surface area contributed by atoms with E-state index >= 15 is 0 Å². The van der Waals surface area contributed by atoms with E-state index in [4.69, 9.17) is 9.47 Å². The van der Waals surface area contributed by atoms with Gasteiger partial charge in [-0.25, -0.2) is 9.59 Å². The molecule has 0 saturated heterocycles. The average molecular weight is 344 g/mol. The number of hydrogen-bond donors (Lipinski definition) is 2. The third-order valence-corrected chi connectivity index (χ3v) is 4.98. The number of allylic oxidation sites excluding steroid dienone is 1. The van der Waals surface area contributed by atoms with Crippen molar-refractivity contribution in [3.05, 3.63) is 41.1 Å². The second-order valence-electron chi connectivity index (χ2n) is 6.66. The van der Waals surface area contributed by atoms with Crippen molar-refractivity contribution in [1.29, 1.82) is 0 Å². The number of carbonyl (C=O) groups is 2. The van der Waals surface area contributed by atoms with Crippen molar-refractivity contribution in [2.45, 2.75) is 45.3 Å². The van der Waals surface area contributed by atoms with Crippen LogP contribution in [0.15, 0.2) is 35.5 Å². The molecule has 25 heavy (non-hydrogen) atoms. The topological polar surface area (TPSA) is 76.7 Å². The lowest BCUT2D eigenvalue weighted by molar-refractivity contribution is -0.146. The first-order chi connectivity index (χ1) is 12.0. The molecule has 2 N–H and O–H groups in total. The molecule has 0 bridgehead atoms. The molecule has 0 unspecified atom stereocenters. The van der Waals surface area contributed by atoms with E-state index in [1.54, 1.807) is 20.1 Å². The summed E-state index contributed by atoms with van der Waals surface area (Å²) in [5.41, 5.74) is 1.66. The fourth-order valence-electron chi connectivity index (χ4n) is 3.59. The maximum atomic E-state index is 12.9. The Morgan fingerprint density at radius 3 is 2.68 bits per heavy atom. The number of esters is 1. The second kappa shape index (κ2) is 7.17. The molecule has 1 aliphatic heterocycles. The van der Waals surface area contributed by atoms with Crippen molar-refractivity contribution in [2.75, 3.05) is 7.11 Å². The zero-order valence-electron chi connectivity index (χ0n) is 14.8. The van der Waals surface area contributed by atoms with Gasteiger partial charge in [0.15, 0.2) is 0 Å². The van der Waals surface area contributed by atoms with Gasteiger partial charge in [0.25, 0.3) is 0 Å². The molecular formula is C19H24N2O4. The fraction of sp³-hybridized carbons (Fsp3) is 0.474. The van der Waals surface area contributed by atoms with Gasteiger partial charge in [0.1, 0.15) is 11.9 Å². The predicted octanol–water partition coefficient (Wildman–Crippen LogP) is 3.05. The zero-order valence-corrected chi connectivity index (χ0v) is 14.8. The van der Waals surface area contributed by atoms with Crippen LogP contribution >= 0.6 is 0 Å². The highest BCUT2D eigenvalue weighted by atomic mass is 16.5. The summed E-state index contributed by atoms with van der Waals surface area (Å²) in [5, 5.41) is 5.49. The average Bonchev–Trinajstić information content (AvgIpc) is 2.98. The molecule has 1 heterocycles. The van der Waals surface area contributed by atoms with Crippen molar-refractivity contribution in [2.24, 2.45) is 5.92 Å². The normalized spacial score (nSPS) is 26.0. The van der Waals surface area contributed by atoms with Crippen molar-refractivity contribution in [3.63, 3.8) is 0 Å². The highest BCUT2D eigenvalue weighted by Gasteiger charge is 2.36. The SMILES string of the molecule is COc1ccccc1[C@@H]1NC(=O)NC(C)=C1C(=O)O[C@@H]1CCC[C@@H]1C. The third-order valence-electron chi connectivity index (χ3n) is 4.98. The first kappa shape index (κ1) is 17.3. The maximum absolute atomic E-state index is 12.9. The number of benzene rings is 1. The van der Waals surface area contributed by atoms with Gasteiger partial charge in [-0.15, -0.1) is 0 Å². The summed E-state index contributed by atoms with van der Waals surface area (Å²) in [4.78, 5) is 24.9. The van der Waals surface area contributed by atoms with Crippen molar-refractivity contribution in [1.82, 2.24) is 10.6 Å². The molecule has 134 valence electrons. The molecule has 3 rings (SSSR count). The molecular weight excluding hydrogens is 320 g/mol. The number of rotatable bonds is 4. The Bertz CT molecular complexity index is 713. The van der Waals surface area contributed by atoms with Crippen LogP contribution in [0.2, 0.25) is 0 Å². The van der Waals surface area contributed by atoms with Gasteiger partial charge in [-0.05, 0) is 38.2 Å². The first-order valence-electron chi connectivity index (χ1n) is 8.63. The Kier molecular flexibility index (Phi) is 4.97. The molecule has 6 heteroatoms. The molecule has 1 aromatic rings. The van der Waals surface area contributed by atoms with Crippen LogP contribution in [-0.2, 0) is 9.53 Å². The molecule has 0 spiro atoms. The number of amides is 2. The van der Waals surface area contributed by atoms with E-state index in [1.165, 1.54) is 0 Å². The number of methoxy groups -OCH3 is 1. The summed E-state index contributed by atoms with van der Waals surface area (Å²) in [5.74, 6) is 0.586. The quantitative estimate of drug-likeness (QED) is 0.823. The molecule has 2 amide bonds. The summed E-state index contributed by atoms with van der Waals surface area (Å²) in [6.45, 7) is 3.82. The van der Waals surface area contributed by atoms with E-state index in [0.29, 0.717) is 22.9 Å². The van der Waals surface area contributed by atoms with Crippen LogP contribution in [0.5, 0.6) is 5.75 Å². The molecule has 0 radical (unpaired) electrons. The standard InChI is InChI=1S/C19H24N2O4/c1-11-7-6-10-14(11)25-18(22)16-12(2)20-19(23)21-17(16)13-8-4-5-9-15(13)24-3/h4-5,8-9,11,14,17H,6-7,10H2,1-3H3,(H2,20,21,23)/t11-,14+,17-/m0/s1. The monoisotopic (exact) mass is 344 g/mol. The van der Waals surface area contributed by atoms with Crippen molar-refractivity contribution >= 4 is 12.0 Å². The minimum atomic E-state index is -0.603. The first-order valence-corrected chi connectivity index (χ1v) is 8.63. The number of carbonyl (C=O) groups excluding carboxylic acids is 2. The van der Waals surface area contributed by atoms with Gasteiger partial charge in [-0.1, -0.05) is 25.1 Å². The van der Waals surface area contributed by atoms with Gasteiger partial charge in [0.05, 0.1) is 18.7 Å². The molecule has 2 aliphatic rings. The molecule has 1 aromatic carbocycles. The van der Waals surface area contributed by atoms with Crippen LogP contribution in [0.4, 0.5) is 4.79 Å². The zero-order chi connectivity index (χ0) is 18.0. The summed E-state index contributed by atoms with van der Waals surface area (Å²) in [6, 6.07) is 6.39. The number of urea groups is 1. The Morgan fingerprint density at radius 1 is 1.24 bits per heavy atom. The molecule has 1 saturated carbocycles. The van der Waals surface area contributed by atoms with E-state index in [9.17, 15) is 9.59 Å². The Morgan fingerprint density at radius 2 is 2.00 bits per heavy atom. The van der Waals surface area contributed by atoms with Gasteiger partial charge >= 0.3 is 12.0 Å². The van der Waals surface area contributed by atoms with E-state index in [1.807, 2.05) is 18.2 Å². The lowest BCUT2D eigenvalue weighted by atomic mass is 9.94. The van der Waals surface area contributed by atoms with Crippen molar-refractivity contribution < 1.29 is 19.1 Å². The Labute approximate surface area is 147 Å². The highest BCUT2D eigenvalue weighted by molar-refractivity contribution is 5.95. The molecule has 6 nitrogen and oxygen atoms in total. The predicted molar refractivity (Wildman–Crippen MR) is 93.0 cm³/mol. The van der Waals surface area contributed by atoms with E-state index in [2.05, 4.69) is 17.6 Å². The Hall–Kier alpha value is -2.50. The third kappa shape index (κ3) is 3.48. The van der Waals surface area contributed by atoms with Gasteiger partial charge in [-0.3, -0.25) is 0 Å². The van der Waals surface area contributed by atoms with E-state index < -0.39 is 6.04 Å². The van der Waals surface area contributed by atoms with E-state index in [0.717, 1.165) is 24.8 Å². The minimum Gasteiger partial charge on any atom is -0.496 e. The van der Waals surface area contributed by atoms with Crippen molar-refractivity contribution in [3.8, 4) is 5.75 Å². The van der Waals surface area contributed by atoms with Gasteiger partial charge < -0.3 is 20.1 Å². The summed E-state index contributed by atoms with van der Waals surface area (Å²) < 4.78 is 11.2. The van der Waals surface area contributed by atoms with Crippen LogP contribution < -0.4 is 15.4 Å². The van der Waals surface area contributed by atoms with Crippen LogP contribution in [0.1, 0.15) is 44.7 Å². The molecule has 3 atom stereocenters. The number of nitrogens with one attached hydrogen (secondary N) is 2. The lowest BCUT2D eigenvalue weighted by Crippen LogP contribution is -2.45. The van der Waals surface area contributed by atoms with E-state index in [-0.39, 0.29) is 18.1 Å². The minimum absolute atomic E-state index is 0.0660. The summed E-state index contributed by atoms with van der Waals surface area (Å²) in [6.07, 6.45) is 2.96.